The number of hydrogen-bond acceptors (Lipinski definition) is 2. The molecule has 0 saturated carbocycles. The molecule has 2 heterocycles. The average molecular weight is 301 g/mol. The van der Waals surface area contributed by atoms with E-state index in [2.05, 4.69) is 5.32 Å². The van der Waals surface area contributed by atoms with Crippen LogP contribution in [0, 0.1) is 11.8 Å². The molecule has 2 atom stereocenters. The highest BCUT2D eigenvalue weighted by molar-refractivity contribution is 5.85. The zero-order valence-corrected chi connectivity index (χ0v) is 11.5. The molecule has 2 aliphatic heterocycles. The summed E-state index contributed by atoms with van der Waals surface area (Å²) in [4.78, 5) is 13.6. The van der Waals surface area contributed by atoms with E-state index in [4.69, 9.17) is 0 Å². The maximum Gasteiger partial charge on any atom is 0.393 e. The van der Waals surface area contributed by atoms with Gasteiger partial charge in [0, 0.05) is 19.6 Å². The molecular formula is C12H20ClF3N2O. The van der Waals surface area contributed by atoms with Crippen molar-refractivity contribution in [2.24, 2.45) is 11.8 Å². The smallest absolute Gasteiger partial charge is 0.342 e. The second kappa shape index (κ2) is 6.79. The number of likely N-dealkylation sites (tertiary alicyclic amines) is 1. The molecule has 7 heteroatoms. The van der Waals surface area contributed by atoms with Gasteiger partial charge in [-0.15, -0.1) is 12.4 Å². The molecule has 0 aromatic rings. The minimum absolute atomic E-state index is 0. The first kappa shape index (κ1) is 16.6. The number of amides is 1. The van der Waals surface area contributed by atoms with Gasteiger partial charge in [-0.2, -0.15) is 13.2 Å². The topological polar surface area (TPSA) is 32.3 Å². The number of nitrogens with zero attached hydrogens (tertiary/aromatic N) is 1. The van der Waals surface area contributed by atoms with Gasteiger partial charge in [-0.05, 0) is 32.2 Å². The van der Waals surface area contributed by atoms with Gasteiger partial charge in [-0.1, -0.05) is 0 Å². The average Bonchev–Trinajstić information content (AvgIpc) is 2.38. The molecule has 0 aliphatic carbocycles. The van der Waals surface area contributed by atoms with Crippen LogP contribution in [0.15, 0.2) is 0 Å². The predicted octanol–water partition coefficient (Wildman–Crippen LogP) is 2.21. The summed E-state index contributed by atoms with van der Waals surface area (Å²) in [5.41, 5.74) is 0. The van der Waals surface area contributed by atoms with Gasteiger partial charge in [-0.3, -0.25) is 4.79 Å². The van der Waals surface area contributed by atoms with E-state index in [0.717, 1.165) is 19.4 Å². The summed E-state index contributed by atoms with van der Waals surface area (Å²) in [6.07, 6.45) is -1.86. The molecule has 0 radical (unpaired) electrons. The number of alkyl halides is 3. The Kier molecular flexibility index (Phi) is 5.92. The molecule has 2 rings (SSSR count). The number of carbonyl (C=O) groups excluding carboxylic acids is 1. The van der Waals surface area contributed by atoms with Crippen molar-refractivity contribution >= 4 is 18.3 Å². The molecule has 1 amide bonds. The van der Waals surface area contributed by atoms with Crippen molar-refractivity contribution in [3.63, 3.8) is 0 Å². The lowest BCUT2D eigenvalue weighted by Gasteiger charge is -2.36. The van der Waals surface area contributed by atoms with Gasteiger partial charge in [0.25, 0.3) is 0 Å². The summed E-state index contributed by atoms with van der Waals surface area (Å²) < 4.78 is 38.0. The SMILES string of the molecule is Cl.O=C([C@@H]1CCCNC1)N1CCCC(C(F)(F)F)C1. The molecule has 2 saturated heterocycles. The third-order valence-electron chi connectivity index (χ3n) is 3.84. The third-order valence-corrected chi connectivity index (χ3v) is 3.84. The maximum atomic E-state index is 12.7. The zero-order valence-electron chi connectivity index (χ0n) is 10.7. The van der Waals surface area contributed by atoms with Gasteiger partial charge in [0.2, 0.25) is 5.91 Å². The second-order valence-electron chi connectivity index (χ2n) is 5.21. The molecular weight excluding hydrogens is 281 g/mol. The number of carbonyl (C=O) groups is 1. The fraction of sp³-hybridized carbons (Fsp3) is 0.917. The van der Waals surface area contributed by atoms with Crippen LogP contribution in [-0.4, -0.2) is 43.2 Å². The van der Waals surface area contributed by atoms with Gasteiger partial charge >= 0.3 is 6.18 Å². The minimum Gasteiger partial charge on any atom is -0.342 e. The third kappa shape index (κ3) is 4.24. The van der Waals surface area contributed by atoms with Crippen molar-refractivity contribution in [3.8, 4) is 0 Å². The molecule has 2 aliphatic rings. The maximum absolute atomic E-state index is 12.7. The van der Waals surface area contributed by atoms with E-state index in [-0.39, 0.29) is 37.2 Å². The van der Waals surface area contributed by atoms with Gasteiger partial charge in [0.15, 0.2) is 0 Å². The number of nitrogens with one attached hydrogen (secondary N) is 1. The number of hydrogen-bond donors (Lipinski definition) is 1. The molecule has 1 unspecified atom stereocenters. The largest absolute Gasteiger partial charge is 0.393 e. The van der Waals surface area contributed by atoms with E-state index >= 15 is 0 Å². The summed E-state index contributed by atoms with van der Waals surface area (Å²) in [6, 6.07) is 0. The molecule has 19 heavy (non-hydrogen) atoms. The second-order valence-corrected chi connectivity index (χ2v) is 5.21. The molecule has 0 aromatic heterocycles. The van der Waals surface area contributed by atoms with E-state index in [0.29, 0.717) is 19.5 Å². The number of halogens is 4. The van der Waals surface area contributed by atoms with Crippen molar-refractivity contribution in [1.29, 1.82) is 0 Å². The lowest BCUT2D eigenvalue weighted by atomic mass is 9.93. The van der Waals surface area contributed by atoms with Crippen LogP contribution in [0.4, 0.5) is 13.2 Å². The van der Waals surface area contributed by atoms with E-state index in [9.17, 15) is 18.0 Å². The van der Waals surface area contributed by atoms with Crippen molar-refractivity contribution in [2.75, 3.05) is 26.2 Å². The fourth-order valence-corrected chi connectivity index (χ4v) is 2.77. The summed E-state index contributed by atoms with van der Waals surface area (Å²) in [5, 5.41) is 3.13. The van der Waals surface area contributed by atoms with Crippen LogP contribution in [0.1, 0.15) is 25.7 Å². The van der Waals surface area contributed by atoms with Crippen LogP contribution < -0.4 is 5.32 Å². The van der Waals surface area contributed by atoms with Crippen molar-refractivity contribution in [3.05, 3.63) is 0 Å². The number of piperidine rings is 2. The lowest BCUT2D eigenvalue weighted by molar-refractivity contribution is -0.188. The minimum atomic E-state index is -4.18. The Morgan fingerprint density at radius 3 is 2.53 bits per heavy atom. The normalized spacial score (nSPS) is 28.7. The predicted molar refractivity (Wildman–Crippen MR) is 68.2 cm³/mol. The zero-order chi connectivity index (χ0) is 13.2. The first-order valence-corrected chi connectivity index (χ1v) is 6.54. The molecule has 0 spiro atoms. The van der Waals surface area contributed by atoms with Gasteiger partial charge in [0.1, 0.15) is 0 Å². The lowest BCUT2D eigenvalue weighted by Crippen LogP contribution is -2.49. The van der Waals surface area contributed by atoms with E-state index in [1.165, 1.54) is 4.90 Å². The van der Waals surface area contributed by atoms with Gasteiger partial charge in [-0.25, -0.2) is 0 Å². The highest BCUT2D eigenvalue weighted by atomic mass is 35.5. The Morgan fingerprint density at radius 2 is 1.95 bits per heavy atom. The van der Waals surface area contributed by atoms with Crippen LogP contribution in [0.25, 0.3) is 0 Å². The van der Waals surface area contributed by atoms with Gasteiger partial charge < -0.3 is 10.2 Å². The Labute approximate surface area is 117 Å². The summed E-state index contributed by atoms with van der Waals surface area (Å²) in [5.74, 6) is -1.58. The summed E-state index contributed by atoms with van der Waals surface area (Å²) in [6.45, 7) is 1.82. The highest BCUT2D eigenvalue weighted by Crippen LogP contribution is 2.33. The first-order chi connectivity index (χ1) is 8.48. The van der Waals surface area contributed by atoms with E-state index in [1.807, 2.05) is 0 Å². The van der Waals surface area contributed by atoms with Crippen LogP contribution in [0.5, 0.6) is 0 Å². The summed E-state index contributed by atoms with van der Waals surface area (Å²) >= 11 is 0. The highest BCUT2D eigenvalue weighted by Gasteiger charge is 2.43. The molecule has 0 bridgehead atoms. The van der Waals surface area contributed by atoms with Crippen LogP contribution >= 0.6 is 12.4 Å². The van der Waals surface area contributed by atoms with Crippen LogP contribution in [0.2, 0.25) is 0 Å². The number of rotatable bonds is 1. The molecule has 112 valence electrons. The Bertz CT molecular complexity index is 306. The van der Waals surface area contributed by atoms with Crippen LogP contribution in [-0.2, 0) is 4.79 Å². The molecule has 2 fully saturated rings. The van der Waals surface area contributed by atoms with Gasteiger partial charge in [0.05, 0.1) is 11.8 Å². The standard InChI is InChI=1S/C12H19F3N2O.ClH/c13-12(14,15)10-4-2-6-17(8-10)11(18)9-3-1-5-16-7-9;/h9-10,16H,1-8H2;1H/t9-,10?;/m1./s1. The Hall–Kier alpha value is -0.490. The molecule has 3 nitrogen and oxygen atoms in total. The fourth-order valence-electron chi connectivity index (χ4n) is 2.77. The van der Waals surface area contributed by atoms with E-state index in [1.54, 1.807) is 0 Å². The molecule has 0 aromatic carbocycles. The van der Waals surface area contributed by atoms with Crippen molar-refractivity contribution in [2.45, 2.75) is 31.9 Å². The summed E-state index contributed by atoms with van der Waals surface area (Å²) in [7, 11) is 0. The van der Waals surface area contributed by atoms with Crippen LogP contribution in [0.3, 0.4) is 0 Å². The quantitative estimate of drug-likeness (QED) is 0.805. The Balaban J connectivity index is 0.00000180. The van der Waals surface area contributed by atoms with E-state index < -0.39 is 12.1 Å². The van der Waals surface area contributed by atoms with Crippen molar-refractivity contribution < 1.29 is 18.0 Å². The molecule has 1 N–H and O–H groups in total. The van der Waals surface area contributed by atoms with Crippen molar-refractivity contribution in [1.82, 2.24) is 10.2 Å². The first-order valence-electron chi connectivity index (χ1n) is 6.54. The monoisotopic (exact) mass is 300 g/mol. The Morgan fingerprint density at radius 1 is 1.21 bits per heavy atom.